The second kappa shape index (κ2) is 28.4. The SMILES string of the molecule is [GeH4].[Li].[Li].[Li].[Li]. The molecule has 0 rings (SSSR count). The fraction of sp³-hybridized carbons (Fsp3) is 0. The van der Waals surface area contributed by atoms with Crippen LogP contribution in [-0.4, -0.2) is 93.0 Å². The van der Waals surface area contributed by atoms with Gasteiger partial charge in [-0.05, 0) is 0 Å². The van der Waals surface area contributed by atoms with Gasteiger partial charge in [0.15, 0.2) is 0 Å². The van der Waals surface area contributed by atoms with E-state index in [0.29, 0.717) is 0 Å². The Hall–Kier alpha value is 2.93. The first-order valence-electron chi connectivity index (χ1n) is 0. The fourth-order valence-electron chi connectivity index (χ4n) is 0. The average Bonchev–Trinajstić information content (AvgIpc) is 0. The Balaban J connectivity index is 0. The monoisotopic (exact) mass is 106 g/mol. The zero-order valence-corrected chi connectivity index (χ0v) is 4.00. The first-order chi connectivity index (χ1) is 0. The number of hydrogen-bond acceptors (Lipinski definition) is 0. The largest absolute Gasteiger partial charge is 0 e. The molecule has 0 N–H and O–H groups in total. The van der Waals surface area contributed by atoms with Crippen LogP contribution < -0.4 is 0 Å². The Bertz CT molecular complexity index is 3.61. The van der Waals surface area contributed by atoms with Gasteiger partial charge in [-0.3, -0.25) is 0 Å². The van der Waals surface area contributed by atoms with Gasteiger partial charge < -0.3 is 0 Å². The van der Waals surface area contributed by atoms with Crippen molar-refractivity contribution in [1.29, 1.82) is 0 Å². The van der Waals surface area contributed by atoms with Crippen LogP contribution in [0.4, 0.5) is 0 Å². The van der Waals surface area contributed by atoms with Crippen molar-refractivity contribution in [2.24, 2.45) is 0 Å². The second-order valence-corrected chi connectivity index (χ2v) is 0. The van der Waals surface area contributed by atoms with Gasteiger partial charge in [-0.15, -0.1) is 0 Å². The molecule has 0 bridgehead atoms. The van der Waals surface area contributed by atoms with Crippen molar-refractivity contribution in [2.45, 2.75) is 0 Å². The summed E-state index contributed by atoms with van der Waals surface area (Å²) in [5, 5.41) is 0. The van der Waals surface area contributed by atoms with Crippen LogP contribution in [0.25, 0.3) is 0 Å². The van der Waals surface area contributed by atoms with E-state index in [9.17, 15) is 0 Å². The second-order valence-electron chi connectivity index (χ2n) is 0. The molecule has 0 aliphatic carbocycles. The van der Waals surface area contributed by atoms with E-state index in [1.807, 2.05) is 0 Å². The van der Waals surface area contributed by atoms with E-state index in [-0.39, 0.29) is 93.0 Å². The molecule has 4 radical (unpaired) electrons. The van der Waals surface area contributed by atoms with Gasteiger partial charge in [0.2, 0.25) is 0 Å². The van der Waals surface area contributed by atoms with Gasteiger partial charge in [-0.1, -0.05) is 0 Å². The summed E-state index contributed by atoms with van der Waals surface area (Å²) in [6.45, 7) is 0. The smallest absolute Gasteiger partial charge is 0 e. The van der Waals surface area contributed by atoms with Gasteiger partial charge in [0.1, 0.15) is 0 Å². The van der Waals surface area contributed by atoms with Crippen molar-refractivity contribution in [2.75, 3.05) is 0 Å². The first-order valence-corrected chi connectivity index (χ1v) is 0. The van der Waals surface area contributed by atoms with E-state index in [1.165, 1.54) is 0 Å². The summed E-state index contributed by atoms with van der Waals surface area (Å²) in [6, 6.07) is 0. The molecule has 0 unspecified atom stereocenters. The molecule has 0 aromatic heterocycles. The van der Waals surface area contributed by atoms with Gasteiger partial charge in [-0.2, -0.15) is 0 Å². The Morgan fingerprint density at radius 3 is 0.400 bits per heavy atom. The van der Waals surface area contributed by atoms with Gasteiger partial charge in [0.25, 0.3) is 0 Å². The van der Waals surface area contributed by atoms with Crippen LogP contribution in [0, 0.1) is 0 Å². The summed E-state index contributed by atoms with van der Waals surface area (Å²) in [6.07, 6.45) is 0. The van der Waals surface area contributed by atoms with Gasteiger partial charge in [0, 0.05) is 75.4 Å². The molecule has 0 saturated carbocycles. The number of hydrogen-bond donors (Lipinski definition) is 0. The molecule has 0 saturated heterocycles. The Morgan fingerprint density at radius 2 is 0.400 bits per heavy atom. The molecule has 0 heterocycles. The van der Waals surface area contributed by atoms with Crippen LogP contribution in [0.2, 0.25) is 0 Å². The summed E-state index contributed by atoms with van der Waals surface area (Å²) >= 11 is 0. The molecule has 0 nitrogen and oxygen atoms in total. The molecule has 0 aromatic carbocycles. The van der Waals surface area contributed by atoms with Gasteiger partial charge >= 0.3 is 17.6 Å². The molecule has 0 atom stereocenters. The van der Waals surface area contributed by atoms with Crippen molar-refractivity contribution in [3.63, 3.8) is 0 Å². The maximum atomic E-state index is 0. The minimum Gasteiger partial charge on any atom is 0 e. The first kappa shape index (κ1) is 44.3. The average molecular weight is 104 g/mol. The molecule has 5 heteroatoms. The molecule has 0 aliphatic heterocycles. The van der Waals surface area contributed by atoms with Crippen LogP contribution in [0.1, 0.15) is 0 Å². The van der Waals surface area contributed by atoms with Crippen LogP contribution in [0.15, 0.2) is 0 Å². The normalized spacial score (nSPS) is 0. The Labute approximate surface area is 91.7 Å². The zero-order valence-electron chi connectivity index (χ0n) is 4.00. The van der Waals surface area contributed by atoms with E-state index in [2.05, 4.69) is 0 Å². The maximum absolute atomic E-state index is 0. The third-order valence-electron chi connectivity index (χ3n) is 0. The topological polar surface area (TPSA) is 0 Å². The molecule has 12 valence electrons. The standard InChI is InChI=1S/GeH4.4Li/h1H4;;;;. The molecule has 0 aliphatic rings. The van der Waals surface area contributed by atoms with Crippen molar-refractivity contribution >= 4 is 93.0 Å². The van der Waals surface area contributed by atoms with Gasteiger partial charge in [0.05, 0.1) is 0 Å². The third kappa shape index (κ3) is 19.6. The fourth-order valence-corrected chi connectivity index (χ4v) is 0. The van der Waals surface area contributed by atoms with Crippen LogP contribution in [-0.2, 0) is 0 Å². The molecular weight excluding hydrogens is 100 g/mol. The summed E-state index contributed by atoms with van der Waals surface area (Å²) < 4.78 is 0. The van der Waals surface area contributed by atoms with E-state index in [4.69, 9.17) is 0 Å². The van der Waals surface area contributed by atoms with E-state index in [0.717, 1.165) is 0 Å². The van der Waals surface area contributed by atoms with Crippen LogP contribution >= 0.6 is 0 Å². The van der Waals surface area contributed by atoms with Crippen molar-refractivity contribution in [1.82, 2.24) is 0 Å². The molecule has 5 heavy (non-hydrogen) atoms. The minimum atomic E-state index is 0. The summed E-state index contributed by atoms with van der Waals surface area (Å²) in [5.74, 6) is 0. The van der Waals surface area contributed by atoms with E-state index >= 15 is 0 Å². The zero-order chi connectivity index (χ0) is 0. The van der Waals surface area contributed by atoms with Crippen molar-refractivity contribution in [3.8, 4) is 0 Å². The van der Waals surface area contributed by atoms with E-state index in [1.54, 1.807) is 0 Å². The summed E-state index contributed by atoms with van der Waals surface area (Å²) in [7, 11) is 0. The predicted molar refractivity (Wildman–Crippen MR) is 34.4 cm³/mol. The number of rotatable bonds is 0. The van der Waals surface area contributed by atoms with E-state index < -0.39 is 0 Å². The van der Waals surface area contributed by atoms with Crippen LogP contribution in [0.3, 0.4) is 0 Å². The van der Waals surface area contributed by atoms with Gasteiger partial charge in [-0.25, -0.2) is 0 Å². The van der Waals surface area contributed by atoms with Crippen molar-refractivity contribution < 1.29 is 0 Å². The maximum Gasteiger partial charge on any atom is 0 e. The molecule has 0 amide bonds. The molecule has 0 spiro atoms. The Morgan fingerprint density at radius 1 is 0.400 bits per heavy atom. The molecular formula is H4GeLi4. The van der Waals surface area contributed by atoms with Crippen molar-refractivity contribution in [3.05, 3.63) is 0 Å². The van der Waals surface area contributed by atoms with Crippen LogP contribution in [0.5, 0.6) is 0 Å². The minimum absolute atomic E-state index is 0. The molecule has 0 fully saturated rings. The quantitative estimate of drug-likeness (QED) is 0.288. The third-order valence-corrected chi connectivity index (χ3v) is 0. The predicted octanol–water partition coefficient (Wildman–Crippen LogP) is -2.97. The summed E-state index contributed by atoms with van der Waals surface area (Å²) in [5.41, 5.74) is 0. The molecule has 0 aromatic rings. The Kier molecular flexibility index (Phi) is 252. The summed E-state index contributed by atoms with van der Waals surface area (Å²) in [4.78, 5) is 0.